The maximum absolute atomic E-state index is 13.9. The maximum atomic E-state index is 13.9. The molecule has 2 rings (SSSR count). The summed E-state index contributed by atoms with van der Waals surface area (Å²) in [7, 11) is 0. The number of rotatable bonds is 20. The molecule has 0 saturated carbocycles. The fraction of sp³-hybridized carbons (Fsp3) is 0.579. The number of carbonyl (C=O) groups excluding carboxylic acids is 5. The first-order valence-corrected chi connectivity index (χ1v) is 17.8. The molecule has 7 N–H and O–H groups in total. The first-order valence-electron chi connectivity index (χ1n) is 17.8. The Balaban J connectivity index is 2.23. The normalized spacial score (nSPS) is 15.0. The monoisotopic (exact) mass is 693 g/mol. The zero-order valence-electron chi connectivity index (χ0n) is 31.0. The number of benzene rings is 1. The van der Waals surface area contributed by atoms with E-state index in [9.17, 15) is 24.0 Å². The van der Waals surface area contributed by atoms with Gasteiger partial charge in [-0.3, -0.25) is 29.0 Å². The van der Waals surface area contributed by atoms with Gasteiger partial charge < -0.3 is 32.3 Å². The Bertz CT molecular complexity index is 1370. The number of nitrogens with one attached hydrogen (secondary N) is 5. The average molecular weight is 694 g/mol. The van der Waals surface area contributed by atoms with Crippen molar-refractivity contribution >= 4 is 35.2 Å². The lowest BCUT2D eigenvalue weighted by Crippen LogP contribution is -2.59. The van der Waals surface area contributed by atoms with Crippen LogP contribution in [0.25, 0.3) is 0 Å². The summed E-state index contributed by atoms with van der Waals surface area (Å²) < 4.78 is 0. The minimum absolute atomic E-state index is 0.122. The molecule has 2 aromatic rings. The van der Waals surface area contributed by atoms with Crippen LogP contribution in [0.4, 0.5) is 5.69 Å². The van der Waals surface area contributed by atoms with Crippen molar-refractivity contribution in [1.29, 1.82) is 0 Å². The molecule has 0 fully saturated rings. The Labute approximate surface area is 297 Å². The lowest BCUT2D eigenvalue weighted by Gasteiger charge is -2.31. The van der Waals surface area contributed by atoms with E-state index in [0.717, 1.165) is 5.56 Å². The summed E-state index contributed by atoms with van der Waals surface area (Å²) in [4.78, 5) is 70.6. The van der Waals surface area contributed by atoms with E-state index in [1.807, 2.05) is 85.7 Å². The third kappa shape index (κ3) is 14.7. The van der Waals surface area contributed by atoms with Gasteiger partial charge in [0, 0.05) is 31.1 Å². The number of amides is 5. The molecule has 0 aliphatic carbocycles. The van der Waals surface area contributed by atoms with E-state index >= 15 is 0 Å². The largest absolute Gasteiger partial charge is 0.350 e. The summed E-state index contributed by atoms with van der Waals surface area (Å²) in [5.74, 6) is -2.11. The average Bonchev–Trinajstić information content (AvgIpc) is 3.05. The molecule has 1 aromatic heterocycles. The first-order chi connectivity index (χ1) is 23.6. The summed E-state index contributed by atoms with van der Waals surface area (Å²) in [5, 5.41) is 14.4. The van der Waals surface area contributed by atoms with Crippen LogP contribution in [0.2, 0.25) is 0 Å². The van der Waals surface area contributed by atoms with E-state index in [1.54, 1.807) is 18.3 Å². The van der Waals surface area contributed by atoms with Crippen molar-refractivity contribution in [2.75, 3.05) is 5.32 Å². The molecule has 0 radical (unpaired) electrons. The van der Waals surface area contributed by atoms with Gasteiger partial charge in [0.05, 0.1) is 11.9 Å². The van der Waals surface area contributed by atoms with Crippen LogP contribution in [0, 0.1) is 23.7 Å². The van der Waals surface area contributed by atoms with Gasteiger partial charge in [0.15, 0.2) is 0 Å². The van der Waals surface area contributed by atoms with Crippen molar-refractivity contribution in [1.82, 2.24) is 26.3 Å². The van der Waals surface area contributed by atoms with Crippen LogP contribution in [-0.4, -0.2) is 64.7 Å². The van der Waals surface area contributed by atoms with Crippen molar-refractivity contribution in [3.05, 3.63) is 60.4 Å². The fourth-order valence-corrected chi connectivity index (χ4v) is 5.51. The molecule has 12 nitrogen and oxygen atoms in total. The van der Waals surface area contributed by atoms with Gasteiger partial charge in [0.1, 0.15) is 18.1 Å². The van der Waals surface area contributed by atoms with Gasteiger partial charge in [-0.25, -0.2) is 0 Å². The number of hydrogen-bond acceptors (Lipinski definition) is 7. The van der Waals surface area contributed by atoms with Crippen LogP contribution in [-0.2, 0) is 30.4 Å². The number of anilines is 1. The highest BCUT2D eigenvalue weighted by molar-refractivity contribution is 5.97. The Hall–Kier alpha value is -4.32. The molecule has 4 unspecified atom stereocenters. The van der Waals surface area contributed by atoms with Gasteiger partial charge in [-0.05, 0) is 54.2 Å². The van der Waals surface area contributed by atoms with E-state index in [0.29, 0.717) is 24.9 Å². The Morgan fingerprint density at radius 1 is 0.720 bits per heavy atom. The number of nitrogens with two attached hydrogens (primary N) is 1. The van der Waals surface area contributed by atoms with Crippen LogP contribution in [0.15, 0.2) is 54.9 Å². The topological polar surface area (TPSA) is 184 Å². The summed E-state index contributed by atoms with van der Waals surface area (Å²) in [6.07, 6.45) is 4.64. The van der Waals surface area contributed by atoms with Crippen LogP contribution in [0.5, 0.6) is 0 Å². The van der Waals surface area contributed by atoms with Gasteiger partial charge in [0.2, 0.25) is 29.5 Å². The van der Waals surface area contributed by atoms with Crippen molar-refractivity contribution in [2.45, 2.75) is 118 Å². The molecular weight excluding hydrogens is 634 g/mol. The molecule has 276 valence electrons. The first kappa shape index (κ1) is 41.8. The summed E-state index contributed by atoms with van der Waals surface area (Å²) in [6, 6.07) is 8.83. The van der Waals surface area contributed by atoms with Crippen LogP contribution in [0.1, 0.15) is 86.6 Å². The van der Waals surface area contributed by atoms with Crippen LogP contribution in [0.3, 0.4) is 0 Å². The molecule has 0 saturated heterocycles. The molecular formula is C38H59N7O5. The molecule has 0 aliphatic rings. The highest BCUT2D eigenvalue weighted by Gasteiger charge is 2.33. The summed E-state index contributed by atoms with van der Waals surface area (Å²) in [5.41, 5.74) is 8.07. The third-order valence-corrected chi connectivity index (χ3v) is 8.50. The number of pyridine rings is 1. The molecule has 0 bridgehead atoms. The SMILES string of the molecule is CC[C@H](C)[C@H](NC(=O)CC(N)C(Cc1ccccc1)NC(=O)C(NC(=O)C(CC(C)C)NC(=O)CC(C)C)C(C)C)C(=O)Nc1cccnc1. The van der Waals surface area contributed by atoms with Gasteiger partial charge in [0.25, 0.3) is 0 Å². The zero-order chi connectivity index (χ0) is 37.4. The molecule has 5 amide bonds. The second-order valence-corrected chi connectivity index (χ2v) is 14.4. The highest BCUT2D eigenvalue weighted by Crippen LogP contribution is 2.15. The van der Waals surface area contributed by atoms with Crippen molar-refractivity contribution in [3.8, 4) is 0 Å². The summed E-state index contributed by atoms with van der Waals surface area (Å²) >= 11 is 0. The predicted molar refractivity (Wildman–Crippen MR) is 197 cm³/mol. The van der Waals surface area contributed by atoms with E-state index in [4.69, 9.17) is 5.73 Å². The number of nitrogens with zero attached hydrogens (tertiary/aromatic N) is 1. The van der Waals surface area contributed by atoms with Gasteiger partial charge in [-0.2, -0.15) is 0 Å². The smallest absolute Gasteiger partial charge is 0.247 e. The zero-order valence-corrected chi connectivity index (χ0v) is 31.0. The van der Waals surface area contributed by atoms with E-state index in [-0.39, 0.29) is 48.3 Å². The summed E-state index contributed by atoms with van der Waals surface area (Å²) in [6.45, 7) is 15.3. The number of aromatic nitrogens is 1. The van der Waals surface area contributed by atoms with Crippen molar-refractivity contribution < 1.29 is 24.0 Å². The minimum Gasteiger partial charge on any atom is -0.350 e. The maximum Gasteiger partial charge on any atom is 0.247 e. The lowest BCUT2D eigenvalue weighted by molar-refractivity contribution is -0.133. The molecule has 1 heterocycles. The predicted octanol–water partition coefficient (Wildman–Crippen LogP) is 3.71. The fourth-order valence-electron chi connectivity index (χ4n) is 5.51. The third-order valence-electron chi connectivity index (χ3n) is 8.50. The number of hydrogen-bond donors (Lipinski definition) is 6. The van der Waals surface area contributed by atoms with Crippen molar-refractivity contribution in [3.63, 3.8) is 0 Å². The molecule has 1 aromatic carbocycles. The number of carbonyl (C=O) groups is 5. The van der Waals surface area contributed by atoms with Gasteiger partial charge in [-0.1, -0.05) is 92.1 Å². The second-order valence-electron chi connectivity index (χ2n) is 14.4. The Morgan fingerprint density at radius 3 is 1.94 bits per heavy atom. The van der Waals surface area contributed by atoms with E-state index in [2.05, 4.69) is 31.6 Å². The minimum atomic E-state index is -0.926. The highest BCUT2D eigenvalue weighted by atomic mass is 16.2. The van der Waals surface area contributed by atoms with Gasteiger partial charge >= 0.3 is 0 Å². The standard InChI is InChI=1S/C38H59N7O5/c1-9-26(8)35(38(50)41-28-16-13-17-40-22-28)44-33(47)21-29(39)30(20-27-14-11-10-12-15-27)43-37(49)34(25(6)7)45-36(48)31(18-23(2)3)42-32(46)19-24(4)5/h10-17,22-26,29-31,34-35H,9,18-21,39H2,1-8H3,(H,41,50)(H,42,46)(H,43,49)(H,44,47)(H,45,48)/t26-,29?,30?,31?,34?,35-/m0/s1. The lowest BCUT2D eigenvalue weighted by atomic mass is 9.94. The van der Waals surface area contributed by atoms with E-state index < -0.39 is 47.9 Å². The van der Waals surface area contributed by atoms with Crippen LogP contribution < -0.4 is 32.3 Å². The van der Waals surface area contributed by atoms with Gasteiger partial charge in [-0.15, -0.1) is 0 Å². The van der Waals surface area contributed by atoms with E-state index in [1.165, 1.54) is 6.20 Å². The molecule has 0 aliphatic heterocycles. The molecule has 6 atom stereocenters. The molecule has 12 heteroatoms. The second kappa shape index (κ2) is 21.0. The molecule has 0 spiro atoms. The Kier molecular flexibility index (Phi) is 17.6. The Morgan fingerprint density at radius 2 is 1.38 bits per heavy atom. The van der Waals surface area contributed by atoms with Crippen LogP contribution >= 0.6 is 0 Å². The quantitative estimate of drug-likeness (QED) is 0.122. The molecule has 50 heavy (non-hydrogen) atoms. The van der Waals surface area contributed by atoms with Crippen molar-refractivity contribution in [2.24, 2.45) is 29.4 Å².